The second-order valence-corrected chi connectivity index (χ2v) is 29.0. The van der Waals surface area contributed by atoms with E-state index in [1.807, 2.05) is 87.4 Å². The number of aliphatic imine (C=N–C) groups is 3. The molecule has 6 aliphatic heterocycles. The molecule has 7 heterocycles. The zero-order valence-electron chi connectivity index (χ0n) is 52.8. The van der Waals surface area contributed by atoms with Gasteiger partial charge in [-0.05, 0) is 108 Å². The fraction of sp³-hybridized carbons (Fsp3) is 0.629. The van der Waals surface area contributed by atoms with Gasteiger partial charge >= 0.3 is 7.60 Å². The molecule has 8 bridgehead atoms. The highest BCUT2D eigenvalue weighted by molar-refractivity contribution is 7.53. The van der Waals surface area contributed by atoms with Gasteiger partial charge in [-0.1, -0.05) is 34.6 Å². The number of aliphatic hydroxyl groups is 2. The van der Waals surface area contributed by atoms with Gasteiger partial charge in [0.15, 0.2) is 6.23 Å². The van der Waals surface area contributed by atoms with Crippen molar-refractivity contribution in [2.45, 2.75) is 189 Å². The van der Waals surface area contributed by atoms with Gasteiger partial charge in [0, 0.05) is 131 Å². The standard InChI is InChI=1S/C62H90N13O13P/c1-29-20-39-40(21-30(29)2)75(28-70-39)57-52(84)53(41(27-76)87-57)89(85,86)88-31(3)26-69-49(83)18-19-59(8)37(22-46(66)80)56-62(11)61(10,25-48(68)82)36(14-17-45(65)79)51(74-62)33(5)55-60(9,24-47(67)81)34(12-15-43(63)77)38(71-55)23-42-58(6,7)35(13-16-44(64)78)50(72-42)32(4)54(59)73-56/h20-21,23,28,31,34-37,41,52-53,56-57,71,76,84H,12-19,22,24-27H2,1-11H3,(H2,63,77)(H2,64,78)(H2,65,79)(H2,66,80)(H2,67,81)(H2,68,82)(H,69,83)(H,85,86)/b38-23?,50-32?,55-33-/t31-,34-,35-,36-,37+,41-,52-,53-,56?,57+,59-,60+,61+,62-/m1/s1. The number of aryl methyl sites for hydroxylation is 2. The Morgan fingerprint density at radius 3 is 1.98 bits per heavy atom. The highest BCUT2D eigenvalue weighted by Gasteiger charge is 2.66. The minimum Gasteiger partial charge on any atom is -0.394 e. The number of ether oxygens (including phenoxy) is 1. The Kier molecular flexibility index (Phi) is 19.1. The van der Waals surface area contributed by atoms with Gasteiger partial charge in [0.2, 0.25) is 41.4 Å². The minimum absolute atomic E-state index is 0.00205. The Morgan fingerprint density at radius 2 is 1.39 bits per heavy atom. The summed E-state index contributed by atoms with van der Waals surface area (Å²) in [4.78, 5) is 126. The number of nitrogens with two attached hydrogens (primary N) is 6. The second-order valence-electron chi connectivity index (χ2n) is 27.1. The first-order valence-corrected chi connectivity index (χ1v) is 32.1. The van der Waals surface area contributed by atoms with E-state index in [1.54, 1.807) is 4.57 Å². The molecule has 8 rings (SSSR count). The van der Waals surface area contributed by atoms with E-state index in [2.05, 4.69) is 15.6 Å². The van der Waals surface area contributed by atoms with Crippen molar-refractivity contribution in [2.24, 2.45) is 94.7 Å². The molecule has 1 aromatic heterocycles. The van der Waals surface area contributed by atoms with Gasteiger partial charge < -0.3 is 74.0 Å². The van der Waals surface area contributed by atoms with Crippen LogP contribution in [0.5, 0.6) is 0 Å². The van der Waals surface area contributed by atoms with E-state index in [-0.39, 0.29) is 77.2 Å². The first-order valence-electron chi connectivity index (χ1n) is 30.4. The number of hydrogen-bond donors (Lipinski definition) is 11. The van der Waals surface area contributed by atoms with Gasteiger partial charge in [-0.2, -0.15) is 0 Å². The lowest BCUT2D eigenvalue weighted by molar-refractivity contribution is -0.124. The summed E-state index contributed by atoms with van der Waals surface area (Å²) in [6, 6.07) is 2.70. The number of primary amides is 6. The molecule has 17 N–H and O–H groups in total. The summed E-state index contributed by atoms with van der Waals surface area (Å²) in [6.07, 6.45) is -2.79. The van der Waals surface area contributed by atoms with Crippen LogP contribution in [0.25, 0.3) is 11.0 Å². The SMILES string of the molecule is CC1=C2N=C(C=C3N/C(=C(/C)C4=N[C@](C)(C5N=C1[C@](C)(CCC(=O)NC[C@@H](C)OP(=O)(O)[C@H]1[C@@H](O)[C@@H](n6cnc7cc(C)c(C)cc76)O[C@@H]1CO)[C@H]5CC(N)=O)[C@@](C)(CC(N)=O)[C@@H]4CCC(N)=O)[C@@](C)(CC(N)=O)[C@@H]3CCC(N)=O)C(C)(C)[C@@H]2CCC(N)=O. The molecule has 0 radical (unpaired) electrons. The number of rotatable bonds is 25. The summed E-state index contributed by atoms with van der Waals surface area (Å²) < 4.78 is 27.6. The monoisotopic (exact) mass is 1260 g/mol. The Balaban J connectivity index is 1.22. The van der Waals surface area contributed by atoms with E-state index in [9.17, 15) is 53.2 Å². The summed E-state index contributed by atoms with van der Waals surface area (Å²) in [6.45, 7) is 19.3. The van der Waals surface area contributed by atoms with Gasteiger partial charge in [-0.15, -0.1) is 0 Å². The predicted molar refractivity (Wildman–Crippen MR) is 333 cm³/mol. The number of aromatic nitrogens is 2. The van der Waals surface area contributed by atoms with E-state index in [0.29, 0.717) is 56.4 Å². The van der Waals surface area contributed by atoms with Crippen LogP contribution in [-0.4, -0.2) is 132 Å². The van der Waals surface area contributed by atoms with Crippen molar-refractivity contribution in [1.82, 2.24) is 20.2 Å². The predicted octanol–water partition coefficient (Wildman–Crippen LogP) is 3.23. The van der Waals surface area contributed by atoms with E-state index >= 15 is 0 Å². The summed E-state index contributed by atoms with van der Waals surface area (Å²) in [5.41, 5.74) is 35.8. The topological polar surface area (TPSA) is 451 Å². The van der Waals surface area contributed by atoms with Crippen molar-refractivity contribution in [1.29, 1.82) is 0 Å². The minimum atomic E-state index is -4.85. The molecule has 2 unspecified atom stereocenters. The second kappa shape index (κ2) is 25.0. The maximum atomic E-state index is 14.4. The molecule has 0 aliphatic carbocycles. The van der Waals surface area contributed by atoms with Crippen molar-refractivity contribution >= 4 is 77.1 Å². The number of fused-ring (bicyclic) bond motifs is 7. The van der Waals surface area contributed by atoms with Gasteiger partial charge in [0.1, 0.15) is 17.9 Å². The van der Waals surface area contributed by atoms with E-state index in [4.69, 9.17) is 58.6 Å². The molecule has 15 atom stereocenters. The van der Waals surface area contributed by atoms with Crippen LogP contribution in [0.4, 0.5) is 0 Å². The fourth-order valence-electron chi connectivity index (χ4n) is 15.6. The number of imidazole rings is 1. The molecule has 89 heavy (non-hydrogen) atoms. The first-order chi connectivity index (χ1) is 41.4. The van der Waals surface area contributed by atoms with E-state index in [1.165, 1.54) is 13.3 Å². The zero-order chi connectivity index (χ0) is 66.0. The number of carbonyl (C=O) groups excluding carboxylic acids is 7. The van der Waals surface area contributed by atoms with Gasteiger partial charge in [-0.25, -0.2) is 4.98 Å². The van der Waals surface area contributed by atoms with E-state index in [0.717, 1.165) is 11.1 Å². The van der Waals surface area contributed by atoms with Crippen molar-refractivity contribution in [3.63, 3.8) is 0 Å². The quantitative estimate of drug-likeness (QED) is 0.0636. The number of allylic oxidation sites excluding steroid dienone is 6. The number of carbonyl (C=O) groups is 7. The Morgan fingerprint density at radius 1 is 0.798 bits per heavy atom. The molecule has 0 spiro atoms. The third kappa shape index (κ3) is 12.5. The Bertz CT molecular complexity index is 3510. The summed E-state index contributed by atoms with van der Waals surface area (Å²) in [5, 5.41) is 28.5. The fourth-order valence-corrected chi connectivity index (χ4v) is 17.5. The molecule has 7 amide bonds. The summed E-state index contributed by atoms with van der Waals surface area (Å²) in [5.74, 6) is -7.12. The lowest BCUT2D eigenvalue weighted by Gasteiger charge is -2.48. The number of aliphatic hydroxyl groups excluding tert-OH is 2. The highest BCUT2D eigenvalue weighted by atomic mass is 31.2. The molecule has 2 aromatic rings. The largest absolute Gasteiger partial charge is 0.394 e. The lowest BCUT2D eigenvalue weighted by atomic mass is 9.55. The molecular formula is C62H90N13O13P. The summed E-state index contributed by atoms with van der Waals surface area (Å²) >= 11 is 0. The number of benzene rings is 1. The first kappa shape index (κ1) is 68.0. The lowest BCUT2D eigenvalue weighted by Crippen LogP contribution is -2.56. The van der Waals surface area contributed by atoms with Crippen LogP contribution in [0, 0.1) is 59.2 Å². The van der Waals surface area contributed by atoms with Crippen molar-refractivity contribution in [3.05, 3.63) is 63.9 Å². The van der Waals surface area contributed by atoms with Crippen molar-refractivity contribution < 1.29 is 62.5 Å². The zero-order valence-corrected chi connectivity index (χ0v) is 53.7. The van der Waals surface area contributed by atoms with Gasteiger partial charge in [-0.3, -0.25) is 53.1 Å². The number of nitrogens with zero attached hydrogens (tertiary/aromatic N) is 5. The average Bonchev–Trinajstić information content (AvgIpc) is 1.54. The third-order valence-electron chi connectivity index (χ3n) is 20.8. The smallest absolute Gasteiger partial charge is 0.337 e. The van der Waals surface area contributed by atoms with E-state index < -0.39 is 143 Å². The van der Waals surface area contributed by atoms with Crippen LogP contribution in [0.2, 0.25) is 0 Å². The molecule has 2 saturated heterocycles. The third-order valence-corrected chi connectivity index (χ3v) is 22.8. The van der Waals surface area contributed by atoms with Crippen LogP contribution in [-0.2, 0) is 47.4 Å². The number of amides is 7. The Hall–Kier alpha value is -6.96. The molecule has 1 aromatic carbocycles. The molecule has 2 fully saturated rings. The highest BCUT2D eigenvalue weighted by Crippen LogP contribution is 2.63. The van der Waals surface area contributed by atoms with Crippen LogP contribution in [0.3, 0.4) is 0 Å². The normalized spacial score (nSPS) is 33.1. The van der Waals surface area contributed by atoms with Crippen molar-refractivity contribution in [2.75, 3.05) is 13.2 Å². The van der Waals surface area contributed by atoms with Gasteiger partial charge in [0.25, 0.3) is 0 Å². The number of hydrogen-bond acceptors (Lipinski definition) is 17. The summed E-state index contributed by atoms with van der Waals surface area (Å²) in [7, 11) is -4.85. The van der Waals surface area contributed by atoms with Crippen LogP contribution >= 0.6 is 7.60 Å². The molecule has 6 aliphatic rings. The molecular weight excluding hydrogens is 1170 g/mol. The molecule has 0 saturated carbocycles. The molecule has 27 heteroatoms. The Labute approximate surface area is 518 Å². The van der Waals surface area contributed by atoms with Crippen LogP contribution in [0.1, 0.15) is 150 Å². The molecule has 486 valence electrons. The number of nitrogens with one attached hydrogen (secondary N) is 2. The van der Waals surface area contributed by atoms with Crippen LogP contribution < -0.4 is 45.0 Å². The average molecular weight is 1260 g/mol. The van der Waals surface area contributed by atoms with Crippen molar-refractivity contribution in [3.8, 4) is 0 Å². The molecule has 26 nitrogen and oxygen atoms in total. The van der Waals surface area contributed by atoms with Crippen LogP contribution in [0.15, 0.2) is 67.8 Å². The maximum Gasteiger partial charge on any atom is 0.337 e. The van der Waals surface area contributed by atoms with Gasteiger partial charge in [0.05, 0.1) is 41.7 Å². The maximum absolute atomic E-state index is 14.4.